The second-order valence-corrected chi connectivity index (χ2v) is 10.7. The quantitative estimate of drug-likeness (QED) is 0.553. The number of thioether (sulfide) groups is 1. The summed E-state index contributed by atoms with van der Waals surface area (Å²) in [4.78, 5) is 41.6. The van der Waals surface area contributed by atoms with E-state index in [-0.39, 0.29) is 12.1 Å². The number of hydrogen-bond acceptors (Lipinski definition) is 5. The largest absolute Gasteiger partial charge is 0.366 e. The third-order valence-corrected chi connectivity index (χ3v) is 7.44. The van der Waals surface area contributed by atoms with Crippen molar-refractivity contribution in [1.29, 1.82) is 0 Å². The molecule has 7 heteroatoms. The van der Waals surface area contributed by atoms with Crippen LogP contribution in [-0.2, 0) is 9.59 Å². The van der Waals surface area contributed by atoms with Crippen molar-refractivity contribution in [2.24, 2.45) is 0 Å². The van der Waals surface area contributed by atoms with Gasteiger partial charge in [-0.2, -0.15) is 0 Å². The molecule has 0 unspecified atom stereocenters. The Kier molecular flexibility index (Phi) is 6.58. The van der Waals surface area contributed by atoms with Crippen LogP contribution in [-0.4, -0.2) is 40.6 Å². The number of amides is 3. The van der Waals surface area contributed by atoms with Crippen molar-refractivity contribution in [2.45, 2.75) is 52.5 Å². The molecule has 0 spiro atoms. The molecule has 1 fully saturated rings. The number of imide groups is 1. The molecule has 2 heterocycles. The fourth-order valence-corrected chi connectivity index (χ4v) is 5.80. The highest BCUT2D eigenvalue weighted by Gasteiger charge is 2.37. The number of anilines is 2. The predicted octanol–water partition coefficient (Wildman–Crippen LogP) is 5.78. The normalized spacial score (nSPS) is 20.6. The molecule has 4 rings (SSSR count). The van der Waals surface area contributed by atoms with E-state index in [1.807, 2.05) is 25.1 Å². The minimum absolute atomic E-state index is 0.0878. The Balaban J connectivity index is 1.50. The number of rotatable bonds is 5. The van der Waals surface area contributed by atoms with Gasteiger partial charge in [-0.1, -0.05) is 30.7 Å². The summed E-state index contributed by atoms with van der Waals surface area (Å²) in [6.07, 6.45) is 2.80. The smallest absolute Gasteiger partial charge is 0.294 e. The second kappa shape index (κ2) is 9.29. The number of hydrogen-bond donors (Lipinski definition) is 1. The van der Waals surface area contributed by atoms with Crippen LogP contribution in [0.15, 0.2) is 47.4 Å². The first kappa shape index (κ1) is 24.1. The summed E-state index contributed by atoms with van der Waals surface area (Å²) in [6.45, 7) is 11.5. The van der Waals surface area contributed by atoms with Gasteiger partial charge in [-0.3, -0.25) is 19.3 Å². The Hall–Kier alpha value is -3.06. The monoisotopic (exact) mass is 477 g/mol. The Morgan fingerprint density at radius 1 is 1.18 bits per heavy atom. The highest BCUT2D eigenvalue weighted by Crippen LogP contribution is 2.44. The van der Waals surface area contributed by atoms with Crippen LogP contribution in [0.3, 0.4) is 0 Å². The number of carbonyl (C=O) groups excluding carboxylic acids is 3. The van der Waals surface area contributed by atoms with Crippen molar-refractivity contribution in [3.8, 4) is 0 Å². The van der Waals surface area contributed by atoms with E-state index in [0.717, 1.165) is 40.8 Å². The van der Waals surface area contributed by atoms with E-state index in [1.165, 1.54) is 11.3 Å². The maximum Gasteiger partial charge on any atom is 0.294 e. The van der Waals surface area contributed by atoms with E-state index in [9.17, 15) is 14.4 Å². The zero-order valence-corrected chi connectivity index (χ0v) is 21.2. The van der Waals surface area contributed by atoms with Gasteiger partial charge < -0.3 is 10.2 Å². The van der Waals surface area contributed by atoms with Crippen molar-refractivity contribution in [2.75, 3.05) is 23.3 Å². The molecule has 0 aromatic heterocycles. The van der Waals surface area contributed by atoms with Crippen LogP contribution >= 0.6 is 11.8 Å². The molecule has 178 valence electrons. The molecular weight excluding hydrogens is 446 g/mol. The molecule has 2 aromatic rings. The molecular formula is C27H31N3O3S. The van der Waals surface area contributed by atoms with Gasteiger partial charge in [0.2, 0.25) is 5.91 Å². The SMILES string of the molecule is CCN1c2ccc(/C=C3\SC(=O)N(CC(=O)Nc4ccc(C)cc4)C3=O)cc2[C@H](C)CC1(C)C. The number of aryl methyl sites for hydroxylation is 1. The van der Waals surface area contributed by atoms with E-state index in [2.05, 4.69) is 50.0 Å². The summed E-state index contributed by atoms with van der Waals surface area (Å²) in [6, 6.07) is 13.6. The molecule has 2 aromatic carbocycles. The summed E-state index contributed by atoms with van der Waals surface area (Å²) >= 11 is 0.878. The van der Waals surface area contributed by atoms with Crippen molar-refractivity contribution < 1.29 is 14.4 Å². The lowest BCUT2D eigenvalue weighted by Crippen LogP contribution is -2.48. The Morgan fingerprint density at radius 3 is 2.56 bits per heavy atom. The van der Waals surface area contributed by atoms with Crippen molar-refractivity contribution in [3.63, 3.8) is 0 Å². The van der Waals surface area contributed by atoms with E-state index >= 15 is 0 Å². The highest BCUT2D eigenvalue weighted by molar-refractivity contribution is 8.18. The molecule has 0 bridgehead atoms. The number of nitrogens with zero attached hydrogens (tertiary/aromatic N) is 2. The minimum Gasteiger partial charge on any atom is -0.366 e. The summed E-state index contributed by atoms with van der Waals surface area (Å²) in [7, 11) is 0. The highest BCUT2D eigenvalue weighted by atomic mass is 32.2. The molecule has 0 aliphatic carbocycles. The Morgan fingerprint density at radius 2 is 1.88 bits per heavy atom. The van der Waals surface area contributed by atoms with Crippen LogP contribution in [0.4, 0.5) is 16.2 Å². The maximum absolute atomic E-state index is 12.9. The second-order valence-electron chi connectivity index (χ2n) is 9.66. The van der Waals surface area contributed by atoms with E-state index in [1.54, 1.807) is 18.2 Å². The van der Waals surface area contributed by atoms with Crippen molar-refractivity contribution in [1.82, 2.24) is 4.90 Å². The maximum atomic E-state index is 12.9. The zero-order valence-electron chi connectivity index (χ0n) is 20.3. The van der Waals surface area contributed by atoms with Gasteiger partial charge in [0.1, 0.15) is 6.54 Å². The van der Waals surface area contributed by atoms with Gasteiger partial charge in [-0.25, -0.2) is 0 Å². The van der Waals surface area contributed by atoms with Crippen molar-refractivity contribution >= 4 is 46.3 Å². The van der Waals surface area contributed by atoms with Gasteiger partial charge >= 0.3 is 0 Å². The topological polar surface area (TPSA) is 69.7 Å². The van der Waals surface area contributed by atoms with E-state index in [0.29, 0.717) is 16.5 Å². The van der Waals surface area contributed by atoms with Gasteiger partial charge in [0.15, 0.2) is 0 Å². The molecule has 6 nitrogen and oxygen atoms in total. The summed E-state index contributed by atoms with van der Waals surface area (Å²) < 4.78 is 0. The standard InChI is InChI=1S/C27H31N3O3S/c1-6-30-22-12-9-19(13-21(22)18(3)15-27(30,4)5)14-23-25(32)29(26(33)34-23)16-24(31)28-20-10-7-17(2)8-11-20/h7-14,18H,6,15-16H2,1-5H3,(H,28,31)/b23-14-/t18-/m1/s1. The van der Waals surface area contributed by atoms with Crippen LogP contribution in [0, 0.1) is 6.92 Å². The molecule has 34 heavy (non-hydrogen) atoms. The first-order chi connectivity index (χ1) is 16.1. The minimum atomic E-state index is -0.434. The molecule has 1 N–H and O–H groups in total. The third-order valence-electron chi connectivity index (χ3n) is 6.53. The van der Waals surface area contributed by atoms with Gasteiger partial charge in [0, 0.05) is 23.5 Å². The molecule has 0 saturated carbocycles. The fraction of sp³-hybridized carbons (Fsp3) is 0.370. The van der Waals surface area contributed by atoms with Crippen molar-refractivity contribution in [3.05, 3.63) is 64.1 Å². The summed E-state index contributed by atoms with van der Waals surface area (Å²) in [5.41, 5.74) is 5.17. The number of benzene rings is 2. The average molecular weight is 478 g/mol. The van der Waals surface area contributed by atoms with E-state index in [4.69, 9.17) is 0 Å². The lowest BCUT2D eigenvalue weighted by atomic mass is 9.79. The zero-order chi connectivity index (χ0) is 24.6. The lowest BCUT2D eigenvalue weighted by molar-refractivity contribution is -0.127. The molecule has 2 aliphatic rings. The average Bonchev–Trinajstić information content (AvgIpc) is 3.02. The predicted molar refractivity (Wildman–Crippen MR) is 139 cm³/mol. The van der Waals surface area contributed by atoms with Crippen LogP contribution in [0.2, 0.25) is 0 Å². The fourth-order valence-electron chi connectivity index (χ4n) is 4.97. The molecule has 2 aliphatic heterocycles. The molecule has 0 radical (unpaired) electrons. The van der Waals surface area contributed by atoms with Gasteiger partial charge in [0.25, 0.3) is 11.1 Å². The van der Waals surface area contributed by atoms with Crippen LogP contribution in [0.25, 0.3) is 6.08 Å². The van der Waals surface area contributed by atoms with Crippen LogP contribution in [0.1, 0.15) is 56.7 Å². The molecule has 1 atom stereocenters. The van der Waals surface area contributed by atoms with Gasteiger partial charge in [-0.05, 0) is 93.3 Å². The number of fused-ring (bicyclic) bond motifs is 1. The Bertz CT molecular complexity index is 1170. The third kappa shape index (κ3) is 4.75. The van der Waals surface area contributed by atoms with Crippen LogP contribution in [0.5, 0.6) is 0 Å². The van der Waals surface area contributed by atoms with Crippen LogP contribution < -0.4 is 10.2 Å². The Labute approximate surface area is 205 Å². The van der Waals surface area contributed by atoms with E-state index < -0.39 is 17.1 Å². The number of nitrogens with one attached hydrogen (secondary N) is 1. The lowest BCUT2D eigenvalue weighted by Gasteiger charge is -2.47. The first-order valence-electron chi connectivity index (χ1n) is 11.6. The summed E-state index contributed by atoms with van der Waals surface area (Å²) in [5.74, 6) is -0.449. The van der Waals surface area contributed by atoms with Gasteiger partial charge in [0.05, 0.1) is 4.91 Å². The summed E-state index contributed by atoms with van der Waals surface area (Å²) in [5, 5.41) is 2.31. The molecule has 1 saturated heterocycles. The molecule has 3 amide bonds. The van der Waals surface area contributed by atoms with Gasteiger partial charge in [-0.15, -0.1) is 0 Å². The number of carbonyl (C=O) groups is 3. The first-order valence-corrected chi connectivity index (χ1v) is 12.4.